The molecule has 0 bridgehead atoms. The summed E-state index contributed by atoms with van der Waals surface area (Å²) in [7, 11) is -3.45. The lowest BCUT2D eigenvalue weighted by atomic mass is 10.1. The van der Waals surface area contributed by atoms with Crippen LogP contribution in [-0.4, -0.2) is 14.6 Å². The van der Waals surface area contributed by atoms with Gasteiger partial charge in [0.15, 0.2) is 0 Å². The minimum atomic E-state index is -3.45. The fourth-order valence-corrected chi connectivity index (χ4v) is 2.35. The summed E-state index contributed by atoms with van der Waals surface area (Å²) in [6.45, 7) is 0. The Kier molecular flexibility index (Phi) is 2.17. The Bertz CT molecular complexity index is 618. The van der Waals surface area contributed by atoms with Crippen molar-refractivity contribution in [2.75, 3.05) is 5.73 Å². The Morgan fingerprint density at radius 2 is 1.73 bits per heavy atom. The number of fused-ring (bicyclic) bond motifs is 1. The van der Waals surface area contributed by atoms with Crippen LogP contribution in [-0.2, 0) is 9.80 Å². The minimum absolute atomic E-state index is 0.215. The molecule has 0 aliphatic heterocycles. The normalized spacial score (nSPS) is 15.0. The van der Waals surface area contributed by atoms with Crippen molar-refractivity contribution in [3.8, 4) is 0 Å². The molecule has 0 fully saturated rings. The highest BCUT2D eigenvalue weighted by Crippen LogP contribution is 2.27. The topological polar surface area (TPSA) is 66.1 Å². The molecule has 0 amide bonds. The van der Waals surface area contributed by atoms with Crippen LogP contribution < -0.4 is 5.73 Å². The molecule has 4 heteroatoms. The van der Waals surface area contributed by atoms with E-state index >= 15 is 0 Å². The summed E-state index contributed by atoms with van der Waals surface area (Å²) in [5.41, 5.74) is 6.32. The zero-order valence-electron chi connectivity index (χ0n) is 7.97. The monoisotopic (exact) mass is 220 g/mol. The van der Waals surface area contributed by atoms with Crippen molar-refractivity contribution >= 4 is 32.1 Å². The average molecular weight is 220 g/mol. The van der Waals surface area contributed by atoms with Gasteiger partial charge in [-0.1, -0.05) is 39.9 Å². The molecule has 2 rings (SSSR count). The molecule has 2 N–H and O–H groups in total. The first-order valence-corrected chi connectivity index (χ1v) is 6.01. The van der Waals surface area contributed by atoms with Crippen LogP contribution in [0.5, 0.6) is 0 Å². The third-order valence-corrected chi connectivity index (χ3v) is 3.28. The molecule has 0 aromatic heterocycles. The van der Waals surface area contributed by atoms with Gasteiger partial charge in [0.25, 0.3) is 0 Å². The summed E-state index contributed by atoms with van der Waals surface area (Å²) in [5.74, 6) is 3.15. The maximum absolute atomic E-state index is 11.4. The SMILES string of the molecule is C=S(=O)([O-])c1ccc(N)c2ccccc12. The van der Waals surface area contributed by atoms with Crippen molar-refractivity contribution in [1.82, 2.24) is 0 Å². The molecule has 15 heavy (non-hydrogen) atoms. The van der Waals surface area contributed by atoms with Gasteiger partial charge < -0.3 is 10.3 Å². The Hall–Kier alpha value is -1.52. The van der Waals surface area contributed by atoms with Crippen LogP contribution in [0.1, 0.15) is 0 Å². The minimum Gasteiger partial charge on any atom is -0.774 e. The molecule has 3 nitrogen and oxygen atoms in total. The summed E-state index contributed by atoms with van der Waals surface area (Å²) in [6.07, 6.45) is 0. The second-order valence-electron chi connectivity index (χ2n) is 3.31. The van der Waals surface area contributed by atoms with Gasteiger partial charge in [-0.25, -0.2) is 0 Å². The summed E-state index contributed by atoms with van der Waals surface area (Å²) in [4.78, 5) is 0.215. The van der Waals surface area contributed by atoms with Gasteiger partial charge in [-0.05, 0) is 17.5 Å². The van der Waals surface area contributed by atoms with Crippen LogP contribution in [0, 0.1) is 0 Å². The van der Waals surface area contributed by atoms with E-state index in [2.05, 4.69) is 5.87 Å². The summed E-state index contributed by atoms with van der Waals surface area (Å²) in [6, 6.07) is 10.2. The van der Waals surface area contributed by atoms with Crippen LogP contribution >= 0.6 is 0 Å². The van der Waals surface area contributed by atoms with E-state index in [1.807, 2.05) is 6.07 Å². The lowest BCUT2D eigenvalue weighted by Gasteiger charge is -2.16. The number of nitrogen functional groups attached to an aromatic ring is 1. The Morgan fingerprint density at radius 3 is 2.33 bits per heavy atom. The molecule has 78 valence electrons. The molecule has 0 radical (unpaired) electrons. The summed E-state index contributed by atoms with van der Waals surface area (Å²) < 4.78 is 22.8. The van der Waals surface area contributed by atoms with E-state index in [1.165, 1.54) is 6.07 Å². The van der Waals surface area contributed by atoms with Crippen molar-refractivity contribution in [3.63, 3.8) is 0 Å². The van der Waals surface area contributed by atoms with Crippen molar-refractivity contribution in [2.24, 2.45) is 0 Å². The summed E-state index contributed by atoms with van der Waals surface area (Å²) in [5, 5.41) is 1.36. The molecule has 0 saturated heterocycles. The van der Waals surface area contributed by atoms with Crippen LogP contribution in [0.25, 0.3) is 10.8 Å². The van der Waals surface area contributed by atoms with Gasteiger partial charge >= 0.3 is 0 Å². The van der Waals surface area contributed by atoms with Gasteiger partial charge in [0.05, 0.1) is 0 Å². The van der Waals surface area contributed by atoms with Crippen molar-refractivity contribution in [2.45, 2.75) is 4.90 Å². The zero-order chi connectivity index (χ0) is 11.1. The molecule has 0 aliphatic carbocycles. The Labute approximate surface area is 88.4 Å². The van der Waals surface area contributed by atoms with Gasteiger partial charge in [-0.3, -0.25) is 4.21 Å². The Balaban J connectivity index is 2.96. The number of rotatable bonds is 1. The van der Waals surface area contributed by atoms with E-state index in [1.54, 1.807) is 24.3 Å². The molecule has 2 aromatic carbocycles. The van der Waals surface area contributed by atoms with Gasteiger partial charge in [0, 0.05) is 16.0 Å². The van der Waals surface area contributed by atoms with Crippen LogP contribution in [0.2, 0.25) is 0 Å². The van der Waals surface area contributed by atoms with E-state index in [9.17, 15) is 8.76 Å². The van der Waals surface area contributed by atoms with Crippen LogP contribution in [0.4, 0.5) is 5.69 Å². The number of anilines is 1. The molecule has 1 unspecified atom stereocenters. The van der Waals surface area contributed by atoms with E-state index in [-0.39, 0.29) is 4.90 Å². The average Bonchev–Trinajstić information content (AvgIpc) is 2.17. The smallest absolute Gasteiger partial charge is 0.0394 e. The highest BCUT2D eigenvalue weighted by atomic mass is 32.2. The number of hydrogen-bond acceptors (Lipinski definition) is 3. The van der Waals surface area contributed by atoms with Gasteiger partial charge in [0.2, 0.25) is 0 Å². The Morgan fingerprint density at radius 1 is 1.13 bits per heavy atom. The van der Waals surface area contributed by atoms with E-state index < -0.39 is 9.80 Å². The second kappa shape index (κ2) is 3.25. The van der Waals surface area contributed by atoms with E-state index in [0.29, 0.717) is 11.1 Å². The molecule has 0 saturated carbocycles. The maximum atomic E-state index is 11.4. The molecule has 0 spiro atoms. The highest BCUT2D eigenvalue weighted by Gasteiger charge is 2.04. The molecular formula is C11H10NO2S-. The first-order valence-electron chi connectivity index (χ1n) is 4.35. The lowest BCUT2D eigenvalue weighted by molar-refractivity contribution is 0.534. The zero-order valence-corrected chi connectivity index (χ0v) is 8.79. The van der Waals surface area contributed by atoms with Gasteiger partial charge in [-0.2, -0.15) is 0 Å². The van der Waals surface area contributed by atoms with Crippen molar-refractivity contribution < 1.29 is 8.76 Å². The van der Waals surface area contributed by atoms with E-state index in [0.717, 1.165) is 5.39 Å². The fraction of sp³-hybridized carbons (Fsp3) is 0. The molecule has 1 atom stereocenters. The first kappa shape index (κ1) is 10.0. The van der Waals surface area contributed by atoms with Gasteiger partial charge in [0.1, 0.15) is 0 Å². The molecule has 2 aromatic rings. The molecule has 0 heterocycles. The fourth-order valence-electron chi connectivity index (χ4n) is 1.57. The van der Waals surface area contributed by atoms with Crippen molar-refractivity contribution in [3.05, 3.63) is 36.4 Å². The third kappa shape index (κ3) is 1.69. The van der Waals surface area contributed by atoms with Crippen LogP contribution in [0.15, 0.2) is 41.3 Å². The van der Waals surface area contributed by atoms with Crippen LogP contribution in [0.3, 0.4) is 0 Å². The molecule has 0 aliphatic rings. The quantitative estimate of drug-likeness (QED) is 0.586. The predicted molar refractivity (Wildman–Crippen MR) is 62.7 cm³/mol. The largest absolute Gasteiger partial charge is 0.774 e. The van der Waals surface area contributed by atoms with Crippen molar-refractivity contribution in [1.29, 1.82) is 0 Å². The third-order valence-electron chi connectivity index (χ3n) is 2.25. The van der Waals surface area contributed by atoms with E-state index in [4.69, 9.17) is 5.73 Å². The highest BCUT2D eigenvalue weighted by molar-refractivity contribution is 7.95. The predicted octanol–water partition coefficient (Wildman–Crippen LogP) is 1.63. The number of hydrogen-bond donors (Lipinski definition) is 1. The van der Waals surface area contributed by atoms with Gasteiger partial charge in [-0.15, -0.1) is 0 Å². The molecular weight excluding hydrogens is 210 g/mol. The number of nitrogens with two attached hydrogens (primary N) is 1. The summed E-state index contributed by atoms with van der Waals surface area (Å²) >= 11 is 0. The standard InChI is InChI=1S/C11H11NO2S/c1-15(13,14)11-7-6-10(12)8-4-2-3-5-9(8)11/h2-7H,1,12H2,(H,13,14)/p-1. The number of benzene rings is 2. The second-order valence-corrected chi connectivity index (χ2v) is 4.98. The first-order chi connectivity index (χ1) is 7.00. The maximum Gasteiger partial charge on any atom is 0.0394 e. The lowest BCUT2D eigenvalue weighted by Crippen LogP contribution is -2.00.